The van der Waals surface area contributed by atoms with E-state index in [4.69, 9.17) is 0 Å². The normalized spacial score (nSPS) is 17.2. The summed E-state index contributed by atoms with van der Waals surface area (Å²) in [5.41, 5.74) is 6.67. The van der Waals surface area contributed by atoms with E-state index in [2.05, 4.69) is 98.7 Å². The maximum Gasteiger partial charge on any atom is 0.0650 e. The van der Waals surface area contributed by atoms with Crippen LogP contribution in [-0.4, -0.2) is 32.8 Å². The number of benzene rings is 3. The van der Waals surface area contributed by atoms with Crippen LogP contribution in [0.1, 0.15) is 29.5 Å². The lowest BCUT2D eigenvalue weighted by Crippen LogP contribution is -2.35. The van der Waals surface area contributed by atoms with E-state index >= 15 is 0 Å². The Labute approximate surface area is 194 Å². The maximum atomic E-state index is 4.17. The van der Waals surface area contributed by atoms with Crippen molar-refractivity contribution in [3.63, 3.8) is 0 Å². The Bertz CT molecular complexity index is 1360. The number of nitrogens with one attached hydrogen (secondary N) is 1. The molecule has 0 spiro atoms. The molecule has 6 rings (SSSR count). The van der Waals surface area contributed by atoms with Crippen molar-refractivity contribution in [1.82, 2.24) is 19.7 Å². The molecule has 166 valence electrons. The summed E-state index contributed by atoms with van der Waals surface area (Å²) in [6, 6.07) is 26.4. The third-order valence-corrected chi connectivity index (χ3v) is 7.09. The molecule has 33 heavy (non-hydrogen) atoms. The van der Waals surface area contributed by atoms with Gasteiger partial charge in [-0.25, -0.2) is 0 Å². The number of nitrogens with zero attached hydrogens (tertiary/aromatic N) is 3. The van der Waals surface area contributed by atoms with Crippen LogP contribution in [0.4, 0.5) is 0 Å². The van der Waals surface area contributed by atoms with Gasteiger partial charge in [-0.1, -0.05) is 54.6 Å². The zero-order valence-electron chi connectivity index (χ0n) is 19.0. The summed E-state index contributed by atoms with van der Waals surface area (Å²) in [6.07, 6.45) is 8.05. The molecular weight excluding hydrogens is 404 g/mol. The third-order valence-electron chi connectivity index (χ3n) is 7.09. The van der Waals surface area contributed by atoms with E-state index in [1.807, 2.05) is 6.20 Å². The maximum absolute atomic E-state index is 4.17. The predicted octanol–water partition coefficient (Wildman–Crippen LogP) is 6.02. The van der Waals surface area contributed by atoms with Gasteiger partial charge in [-0.3, -0.25) is 10.00 Å². The van der Waals surface area contributed by atoms with Crippen LogP contribution < -0.4 is 0 Å². The van der Waals surface area contributed by atoms with Crippen LogP contribution in [-0.2, 0) is 19.5 Å². The van der Waals surface area contributed by atoms with Gasteiger partial charge in [0.15, 0.2) is 0 Å². The van der Waals surface area contributed by atoms with Crippen LogP contribution in [0, 0.1) is 5.92 Å². The quantitative estimate of drug-likeness (QED) is 0.355. The first-order chi connectivity index (χ1) is 16.3. The van der Waals surface area contributed by atoms with Gasteiger partial charge in [0.05, 0.1) is 11.7 Å². The minimum Gasteiger partial charge on any atom is -0.343 e. The molecule has 3 heterocycles. The standard InChI is InChI=1S/C29H30N4/c1-2-7-22(8-3-1)19-33-21-26(27-10-4-5-11-29(27)33)20-32-14-6-9-24(18-32)15-23-12-13-28-25(16-23)17-30-31-28/h1-5,7-8,10-13,16-17,21,24H,6,9,14-15,18-20H2,(H,30,31)/t24-/m0/s1. The van der Waals surface area contributed by atoms with Gasteiger partial charge in [0.1, 0.15) is 0 Å². The monoisotopic (exact) mass is 434 g/mol. The van der Waals surface area contributed by atoms with Gasteiger partial charge in [-0.15, -0.1) is 0 Å². The van der Waals surface area contributed by atoms with Gasteiger partial charge < -0.3 is 4.57 Å². The van der Waals surface area contributed by atoms with Gasteiger partial charge in [0.2, 0.25) is 0 Å². The Hall–Kier alpha value is -3.37. The van der Waals surface area contributed by atoms with Crippen LogP contribution in [0.15, 0.2) is 85.2 Å². The van der Waals surface area contributed by atoms with Gasteiger partial charge in [-0.05, 0) is 66.6 Å². The minimum absolute atomic E-state index is 0.709. The smallest absolute Gasteiger partial charge is 0.0650 e. The molecular formula is C29H30N4. The van der Waals surface area contributed by atoms with Crippen molar-refractivity contribution in [2.24, 2.45) is 5.92 Å². The highest BCUT2D eigenvalue weighted by molar-refractivity contribution is 5.84. The number of hydrogen-bond donors (Lipinski definition) is 1. The number of aromatic nitrogens is 3. The summed E-state index contributed by atoms with van der Waals surface area (Å²) in [5, 5.41) is 9.83. The summed E-state index contributed by atoms with van der Waals surface area (Å²) in [6.45, 7) is 4.30. The molecule has 1 atom stereocenters. The lowest BCUT2D eigenvalue weighted by atomic mass is 9.90. The zero-order valence-corrected chi connectivity index (χ0v) is 19.0. The highest BCUT2D eigenvalue weighted by atomic mass is 15.1. The molecule has 0 amide bonds. The average Bonchev–Trinajstić information content (AvgIpc) is 3.45. The number of aromatic amines is 1. The Kier molecular flexibility index (Phi) is 5.45. The van der Waals surface area contributed by atoms with E-state index in [0.717, 1.165) is 25.0 Å². The van der Waals surface area contributed by atoms with Crippen molar-refractivity contribution in [3.8, 4) is 0 Å². The van der Waals surface area contributed by atoms with Gasteiger partial charge in [0, 0.05) is 42.1 Å². The molecule has 0 unspecified atom stereocenters. The van der Waals surface area contributed by atoms with Crippen molar-refractivity contribution in [1.29, 1.82) is 0 Å². The van der Waals surface area contributed by atoms with E-state index in [0.29, 0.717) is 5.92 Å². The molecule has 0 aliphatic carbocycles. The second kappa shape index (κ2) is 8.87. The number of hydrogen-bond acceptors (Lipinski definition) is 2. The minimum atomic E-state index is 0.709. The molecule has 0 saturated carbocycles. The van der Waals surface area contributed by atoms with Crippen molar-refractivity contribution in [3.05, 3.63) is 102 Å². The predicted molar refractivity (Wildman–Crippen MR) is 135 cm³/mol. The van der Waals surface area contributed by atoms with Crippen molar-refractivity contribution in [2.75, 3.05) is 13.1 Å². The lowest BCUT2D eigenvalue weighted by Gasteiger charge is -2.32. The van der Waals surface area contributed by atoms with Gasteiger partial charge in [-0.2, -0.15) is 5.10 Å². The highest BCUT2D eigenvalue weighted by Crippen LogP contribution is 2.27. The van der Waals surface area contributed by atoms with E-state index in [-0.39, 0.29) is 0 Å². The molecule has 4 heteroatoms. The number of likely N-dealkylation sites (tertiary alicyclic amines) is 1. The summed E-state index contributed by atoms with van der Waals surface area (Å²) < 4.78 is 2.42. The summed E-state index contributed by atoms with van der Waals surface area (Å²) >= 11 is 0. The first-order valence-electron chi connectivity index (χ1n) is 12.1. The van der Waals surface area contributed by atoms with E-state index in [9.17, 15) is 0 Å². The number of para-hydroxylation sites is 1. The molecule has 5 aromatic rings. The fourth-order valence-corrected chi connectivity index (χ4v) is 5.51. The molecule has 3 aromatic carbocycles. The molecule has 0 bridgehead atoms. The lowest BCUT2D eigenvalue weighted by molar-refractivity contribution is 0.167. The third kappa shape index (κ3) is 4.31. The summed E-state index contributed by atoms with van der Waals surface area (Å²) in [7, 11) is 0. The molecule has 1 aliphatic heterocycles. The van der Waals surface area contributed by atoms with Crippen LogP contribution in [0.25, 0.3) is 21.8 Å². The molecule has 1 aliphatic rings. The van der Waals surface area contributed by atoms with Crippen molar-refractivity contribution in [2.45, 2.75) is 32.4 Å². The van der Waals surface area contributed by atoms with Gasteiger partial charge >= 0.3 is 0 Å². The average molecular weight is 435 g/mol. The zero-order chi connectivity index (χ0) is 22.0. The number of H-pyrrole nitrogens is 1. The Morgan fingerprint density at radius 2 is 1.79 bits per heavy atom. The Morgan fingerprint density at radius 3 is 2.73 bits per heavy atom. The first kappa shape index (κ1) is 20.3. The molecule has 0 radical (unpaired) electrons. The number of rotatable bonds is 6. The molecule has 1 fully saturated rings. The first-order valence-corrected chi connectivity index (χ1v) is 12.1. The largest absolute Gasteiger partial charge is 0.343 e. The number of piperidine rings is 1. The second-order valence-electron chi connectivity index (χ2n) is 9.52. The molecule has 1 N–H and O–H groups in total. The van der Waals surface area contributed by atoms with E-state index < -0.39 is 0 Å². The van der Waals surface area contributed by atoms with Crippen LogP contribution in [0.3, 0.4) is 0 Å². The molecule has 4 nitrogen and oxygen atoms in total. The summed E-state index contributed by atoms with van der Waals surface area (Å²) in [4.78, 5) is 2.67. The van der Waals surface area contributed by atoms with Gasteiger partial charge in [0.25, 0.3) is 0 Å². The van der Waals surface area contributed by atoms with Crippen LogP contribution >= 0.6 is 0 Å². The Balaban J connectivity index is 1.19. The van der Waals surface area contributed by atoms with Crippen molar-refractivity contribution >= 4 is 21.8 Å². The molecule has 2 aromatic heterocycles. The molecule has 1 saturated heterocycles. The van der Waals surface area contributed by atoms with E-state index in [1.165, 1.54) is 58.9 Å². The fourth-order valence-electron chi connectivity index (χ4n) is 5.51. The SMILES string of the molecule is c1ccc(Cn2cc(CN3CCC[C@@H](Cc4ccc5[nH]ncc5c4)C3)c3ccccc32)cc1. The number of fused-ring (bicyclic) bond motifs is 2. The fraction of sp³-hybridized carbons (Fsp3) is 0.276. The van der Waals surface area contributed by atoms with Crippen LogP contribution in [0.5, 0.6) is 0 Å². The summed E-state index contributed by atoms with van der Waals surface area (Å²) in [5.74, 6) is 0.709. The van der Waals surface area contributed by atoms with E-state index in [1.54, 1.807) is 0 Å². The topological polar surface area (TPSA) is 36.9 Å². The van der Waals surface area contributed by atoms with Crippen LogP contribution in [0.2, 0.25) is 0 Å². The van der Waals surface area contributed by atoms with Crippen molar-refractivity contribution < 1.29 is 0 Å². The highest BCUT2D eigenvalue weighted by Gasteiger charge is 2.22. The second-order valence-corrected chi connectivity index (χ2v) is 9.52. The Morgan fingerprint density at radius 1 is 0.909 bits per heavy atom.